The summed E-state index contributed by atoms with van der Waals surface area (Å²) < 4.78 is 13.4. The molecule has 0 unspecified atom stereocenters. The maximum atomic E-state index is 13.4. The lowest BCUT2D eigenvalue weighted by molar-refractivity contribution is 0.467. The molecule has 0 amide bonds. The Balaban J connectivity index is 1.60. The predicted octanol–water partition coefficient (Wildman–Crippen LogP) is 3.69. The minimum atomic E-state index is -0.349. The van der Waals surface area contributed by atoms with Crippen molar-refractivity contribution in [1.82, 2.24) is 10.6 Å². The first-order valence-electron chi connectivity index (χ1n) is 8.03. The van der Waals surface area contributed by atoms with E-state index in [9.17, 15) is 4.39 Å². The van der Waals surface area contributed by atoms with Gasteiger partial charge in [-0.3, -0.25) is 0 Å². The van der Waals surface area contributed by atoms with Crippen LogP contribution in [0.1, 0.15) is 32.1 Å². The van der Waals surface area contributed by atoms with E-state index in [-0.39, 0.29) is 10.7 Å². The van der Waals surface area contributed by atoms with Crippen LogP contribution >= 0.6 is 24.2 Å². The Labute approximate surface area is 142 Å². The third kappa shape index (κ3) is 5.95. The molecular weight excluding hydrogens is 321 g/mol. The quantitative estimate of drug-likeness (QED) is 0.449. The molecule has 0 saturated carbocycles. The van der Waals surface area contributed by atoms with Gasteiger partial charge in [-0.05, 0) is 50.9 Å². The fraction of sp³-hybridized carbons (Fsp3) is 0.625. The SMILES string of the molecule is Fc1cc(NCCCCN[C@H]2CCCCNC2)c(Cl)cc1S. The molecule has 0 spiro atoms. The van der Waals surface area contributed by atoms with Crippen LogP contribution in [0.5, 0.6) is 0 Å². The molecule has 0 radical (unpaired) electrons. The fourth-order valence-electron chi connectivity index (χ4n) is 2.64. The Bertz CT molecular complexity index is 465. The molecule has 0 aliphatic carbocycles. The highest BCUT2D eigenvalue weighted by Crippen LogP contribution is 2.27. The number of hydrogen-bond donors (Lipinski definition) is 4. The van der Waals surface area contributed by atoms with Crippen molar-refractivity contribution in [2.45, 2.75) is 43.0 Å². The normalized spacial score (nSPS) is 19.0. The van der Waals surface area contributed by atoms with Crippen molar-refractivity contribution in [2.75, 3.05) is 31.5 Å². The summed E-state index contributed by atoms with van der Waals surface area (Å²) in [6, 6.07) is 3.53. The van der Waals surface area contributed by atoms with Gasteiger partial charge in [0.1, 0.15) is 5.82 Å². The van der Waals surface area contributed by atoms with Gasteiger partial charge < -0.3 is 16.0 Å². The van der Waals surface area contributed by atoms with Crippen molar-refractivity contribution in [1.29, 1.82) is 0 Å². The van der Waals surface area contributed by atoms with Gasteiger partial charge in [-0.2, -0.15) is 0 Å². The zero-order valence-electron chi connectivity index (χ0n) is 12.8. The lowest BCUT2D eigenvalue weighted by Crippen LogP contribution is -2.37. The second-order valence-electron chi connectivity index (χ2n) is 5.77. The number of nitrogens with one attached hydrogen (secondary N) is 3. The summed E-state index contributed by atoms with van der Waals surface area (Å²) in [6.45, 7) is 4.02. The Morgan fingerprint density at radius 3 is 2.95 bits per heavy atom. The zero-order chi connectivity index (χ0) is 15.8. The number of hydrogen-bond acceptors (Lipinski definition) is 4. The van der Waals surface area contributed by atoms with Crippen LogP contribution in [0.3, 0.4) is 0 Å². The summed E-state index contributed by atoms with van der Waals surface area (Å²) in [7, 11) is 0. The summed E-state index contributed by atoms with van der Waals surface area (Å²) in [5, 5.41) is 10.7. The molecule has 0 aromatic heterocycles. The van der Waals surface area contributed by atoms with Gasteiger partial charge in [0.2, 0.25) is 0 Å². The number of anilines is 1. The number of rotatable bonds is 7. The second kappa shape index (κ2) is 9.60. The molecule has 124 valence electrons. The predicted molar refractivity (Wildman–Crippen MR) is 94.9 cm³/mol. The van der Waals surface area contributed by atoms with Crippen molar-refractivity contribution in [3.05, 3.63) is 23.0 Å². The summed E-state index contributed by atoms with van der Waals surface area (Å²) in [4.78, 5) is 0.275. The monoisotopic (exact) mass is 345 g/mol. The van der Waals surface area contributed by atoms with Crippen LogP contribution in [0.25, 0.3) is 0 Å². The van der Waals surface area contributed by atoms with E-state index in [4.69, 9.17) is 11.6 Å². The molecule has 1 aliphatic rings. The number of thiol groups is 1. The molecule has 1 saturated heterocycles. The molecule has 3 N–H and O–H groups in total. The Morgan fingerprint density at radius 2 is 2.09 bits per heavy atom. The van der Waals surface area contributed by atoms with Gasteiger partial charge >= 0.3 is 0 Å². The van der Waals surface area contributed by atoms with Gasteiger partial charge in [0.05, 0.1) is 10.7 Å². The van der Waals surface area contributed by atoms with Crippen LogP contribution in [0.4, 0.5) is 10.1 Å². The van der Waals surface area contributed by atoms with Gasteiger partial charge in [0.15, 0.2) is 0 Å². The Hall–Kier alpha value is -0.490. The molecule has 2 rings (SSSR count). The Morgan fingerprint density at radius 1 is 1.27 bits per heavy atom. The maximum Gasteiger partial charge on any atom is 0.138 e. The van der Waals surface area contributed by atoms with Gasteiger partial charge in [-0.1, -0.05) is 18.0 Å². The molecule has 1 aromatic carbocycles. The molecule has 1 fully saturated rings. The third-order valence-electron chi connectivity index (χ3n) is 3.94. The largest absolute Gasteiger partial charge is 0.384 e. The zero-order valence-corrected chi connectivity index (χ0v) is 14.4. The van der Waals surface area contributed by atoms with E-state index in [1.165, 1.54) is 31.4 Å². The first-order chi connectivity index (χ1) is 10.7. The molecule has 3 nitrogen and oxygen atoms in total. The van der Waals surface area contributed by atoms with Crippen LogP contribution in [0.15, 0.2) is 17.0 Å². The minimum absolute atomic E-state index is 0.275. The highest BCUT2D eigenvalue weighted by molar-refractivity contribution is 7.80. The molecule has 22 heavy (non-hydrogen) atoms. The average molecular weight is 346 g/mol. The standard InChI is InChI=1S/C16H25ClFN3S/c17-13-9-16(22)14(18)10-15(13)21-8-4-3-7-20-12-5-1-2-6-19-11-12/h9-10,12,19-22H,1-8,11H2/t12-/m0/s1. The first-order valence-corrected chi connectivity index (χ1v) is 8.85. The van der Waals surface area contributed by atoms with Crippen molar-refractivity contribution < 1.29 is 4.39 Å². The molecule has 0 bridgehead atoms. The second-order valence-corrected chi connectivity index (χ2v) is 6.66. The number of halogens is 2. The van der Waals surface area contributed by atoms with Crippen LogP contribution in [-0.4, -0.2) is 32.2 Å². The van der Waals surface area contributed by atoms with Gasteiger partial charge in [0.25, 0.3) is 0 Å². The topological polar surface area (TPSA) is 36.1 Å². The van der Waals surface area contributed by atoms with Crippen LogP contribution < -0.4 is 16.0 Å². The van der Waals surface area contributed by atoms with Crippen molar-refractivity contribution in [3.8, 4) is 0 Å². The third-order valence-corrected chi connectivity index (χ3v) is 4.59. The highest BCUT2D eigenvalue weighted by Gasteiger charge is 2.10. The fourth-order valence-corrected chi connectivity index (χ4v) is 3.14. The van der Waals surface area contributed by atoms with Crippen molar-refractivity contribution in [3.63, 3.8) is 0 Å². The lowest BCUT2D eigenvalue weighted by Gasteiger charge is -2.16. The van der Waals surface area contributed by atoms with Crippen molar-refractivity contribution >= 4 is 29.9 Å². The number of benzene rings is 1. The highest BCUT2D eigenvalue weighted by atomic mass is 35.5. The van der Waals surface area contributed by atoms with E-state index in [1.54, 1.807) is 0 Å². The van der Waals surface area contributed by atoms with Gasteiger partial charge in [-0.25, -0.2) is 4.39 Å². The van der Waals surface area contributed by atoms with Gasteiger partial charge in [0, 0.05) is 24.0 Å². The van der Waals surface area contributed by atoms with E-state index in [0.717, 1.165) is 39.0 Å². The van der Waals surface area contributed by atoms with Crippen LogP contribution in [0, 0.1) is 5.82 Å². The molecular formula is C16H25ClFN3S. The molecule has 1 aliphatic heterocycles. The molecule has 1 atom stereocenters. The van der Waals surface area contributed by atoms with Crippen LogP contribution in [0.2, 0.25) is 5.02 Å². The lowest BCUT2D eigenvalue weighted by atomic mass is 10.1. The summed E-state index contributed by atoms with van der Waals surface area (Å²) in [5.41, 5.74) is 0.637. The average Bonchev–Trinajstić information content (AvgIpc) is 2.76. The van der Waals surface area contributed by atoms with E-state index in [0.29, 0.717) is 16.8 Å². The van der Waals surface area contributed by atoms with E-state index in [1.807, 2.05) is 0 Å². The van der Waals surface area contributed by atoms with E-state index < -0.39 is 0 Å². The van der Waals surface area contributed by atoms with Gasteiger partial charge in [-0.15, -0.1) is 12.6 Å². The summed E-state index contributed by atoms with van der Waals surface area (Å²) in [5.74, 6) is -0.349. The first kappa shape index (κ1) is 17.9. The molecule has 6 heteroatoms. The van der Waals surface area contributed by atoms with E-state index >= 15 is 0 Å². The smallest absolute Gasteiger partial charge is 0.138 e. The summed E-state index contributed by atoms with van der Waals surface area (Å²) >= 11 is 10.1. The van der Waals surface area contributed by atoms with Crippen LogP contribution in [-0.2, 0) is 0 Å². The minimum Gasteiger partial charge on any atom is -0.384 e. The maximum absolute atomic E-state index is 13.4. The number of unbranched alkanes of at least 4 members (excludes halogenated alkanes) is 1. The van der Waals surface area contributed by atoms with E-state index in [2.05, 4.69) is 28.6 Å². The molecule has 1 aromatic rings. The van der Waals surface area contributed by atoms with Crippen molar-refractivity contribution in [2.24, 2.45) is 0 Å². The summed E-state index contributed by atoms with van der Waals surface area (Å²) in [6.07, 6.45) is 5.96. The Kier molecular flexibility index (Phi) is 7.80. The molecule has 1 heterocycles.